The van der Waals surface area contributed by atoms with E-state index in [0.29, 0.717) is 25.8 Å². The molecule has 1 saturated carbocycles. The second kappa shape index (κ2) is 12.9. The van der Waals surface area contributed by atoms with Crippen LogP contribution in [0, 0.1) is 40.2 Å². The van der Waals surface area contributed by atoms with E-state index in [1.165, 1.54) is 31.4 Å². The van der Waals surface area contributed by atoms with E-state index >= 15 is 8.78 Å². The number of nitrogens with zero attached hydrogens (tertiary/aromatic N) is 1. The average molecular weight is 621 g/mol. The normalized spacial score (nSPS) is 27.7. The topological polar surface area (TPSA) is 91.2 Å². The molecular formula is C32H37Cl2F2N3O3. The highest BCUT2D eigenvalue weighted by atomic mass is 35.5. The first-order chi connectivity index (χ1) is 19.8. The molecule has 2 fully saturated rings. The second-order valence-electron chi connectivity index (χ2n) is 12.7. The number of benzene rings is 2. The Morgan fingerprint density at radius 3 is 2.43 bits per heavy atom. The van der Waals surface area contributed by atoms with Crippen molar-refractivity contribution in [3.8, 4) is 6.07 Å². The molecule has 1 amide bonds. The minimum Gasteiger partial charge on any atom is -0.469 e. The van der Waals surface area contributed by atoms with Crippen molar-refractivity contribution < 1.29 is 23.1 Å². The third-order valence-electron chi connectivity index (χ3n) is 8.68. The summed E-state index contributed by atoms with van der Waals surface area (Å²) in [5.41, 5.74) is -1.91. The van der Waals surface area contributed by atoms with Crippen LogP contribution in [0.2, 0.25) is 10.0 Å². The molecule has 2 aromatic rings. The summed E-state index contributed by atoms with van der Waals surface area (Å²) in [6.45, 7) is 6.32. The maximum absolute atomic E-state index is 15.8. The molecule has 6 nitrogen and oxygen atoms in total. The molecule has 1 aliphatic carbocycles. The van der Waals surface area contributed by atoms with Crippen LogP contribution in [-0.4, -0.2) is 37.6 Å². The number of esters is 1. The lowest BCUT2D eigenvalue weighted by Gasteiger charge is -2.37. The van der Waals surface area contributed by atoms with E-state index in [9.17, 15) is 14.9 Å². The van der Waals surface area contributed by atoms with Crippen molar-refractivity contribution in [1.29, 1.82) is 5.26 Å². The maximum atomic E-state index is 15.8. The molecule has 0 radical (unpaired) electrons. The third kappa shape index (κ3) is 6.44. The van der Waals surface area contributed by atoms with Gasteiger partial charge in [-0.05, 0) is 67.2 Å². The lowest BCUT2D eigenvalue weighted by Crippen LogP contribution is -2.47. The third-order valence-corrected chi connectivity index (χ3v) is 9.20. The van der Waals surface area contributed by atoms with Crippen molar-refractivity contribution >= 4 is 35.1 Å². The zero-order chi connectivity index (χ0) is 30.8. The minimum atomic E-state index is -1.67. The van der Waals surface area contributed by atoms with Gasteiger partial charge in [0.1, 0.15) is 17.0 Å². The molecule has 1 saturated heterocycles. The molecule has 0 unspecified atom stereocenters. The summed E-state index contributed by atoms with van der Waals surface area (Å²) in [6, 6.07) is 9.12. The Hall–Kier alpha value is -2.73. The Bertz CT molecular complexity index is 1370. The van der Waals surface area contributed by atoms with Crippen molar-refractivity contribution in [3.05, 3.63) is 69.2 Å². The fourth-order valence-electron chi connectivity index (χ4n) is 6.68. The zero-order valence-electron chi connectivity index (χ0n) is 24.3. The summed E-state index contributed by atoms with van der Waals surface area (Å²) in [6.07, 6.45) is 3.23. The van der Waals surface area contributed by atoms with Crippen LogP contribution in [-0.2, 0) is 19.7 Å². The predicted molar refractivity (Wildman–Crippen MR) is 158 cm³/mol. The summed E-state index contributed by atoms with van der Waals surface area (Å²) in [5.74, 6) is -3.20. The Morgan fingerprint density at radius 2 is 1.83 bits per heavy atom. The molecule has 2 aromatic carbocycles. The van der Waals surface area contributed by atoms with Crippen molar-refractivity contribution in [3.63, 3.8) is 0 Å². The lowest BCUT2D eigenvalue weighted by atomic mass is 9.62. The highest BCUT2D eigenvalue weighted by Gasteiger charge is 2.61. The first-order valence-electron chi connectivity index (χ1n) is 14.2. The molecule has 226 valence electrons. The first-order valence-corrected chi connectivity index (χ1v) is 15.0. The Balaban J connectivity index is 1.75. The van der Waals surface area contributed by atoms with E-state index in [0.717, 1.165) is 18.9 Å². The highest BCUT2D eigenvalue weighted by molar-refractivity contribution is 6.31. The molecule has 42 heavy (non-hydrogen) atoms. The van der Waals surface area contributed by atoms with E-state index in [1.807, 2.05) is 20.8 Å². The maximum Gasteiger partial charge on any atom is 0.308 e. The molecule has 2 N–H and O–H groups in total. The van der Waals surface area contributed by atoms with Crippen LogP contribution in [0.4, 0.5) is 8.78 Å². The van der Waals surface area contributed by atoms with Crippen LogP contribution in [0.25, 0.3) is 0 Å². The number of nitrogens with one attached hydrogen (secondary N) is 2. The number of halogens is 4. The molecular weight excluding hydrogens is 583 g/mol. The van der Waals surface area contributed by atoms with Crippen molar-refractivity contribution in [2.75, 3.05) is 13.7 Å². The van der Waals surface area contributed by atoms with Gasteiger partial charge >= 0.3 is 5.97 Å². The van der Waals surface area contributed by atoms with Gasteiger partial charge in [-0.25, -0.2) is 8.78 Å². The standard InChI is InChI=1S/C32H37Cl2F2N3O3/c1-31(2,3)15-25-32(17-37,22-13-12-20(33)14-24(22)35)26(21-6-5-7-23(34)27(21)36)28(39-25)29(40)38-16-18-8-10-19(11-9-18)30(41)42-4/h5-7,12-14,18-19,25-26,28,39H,8-11,15-16H2,1-4H3,(H,38,40)/t18-,19-,25-,26-,28+,32-/m0/s1. The summed E-state index contributed by atoms with van der Waals surface area (Å²) in [7, 11) is 1.38. The van der Waals surface area contributed by atoms with Crippen LogP contribution in [0.5, 0.6) is 0 Å². The van der Waals surface area contributed by atoms with E-state index in [-0.39, 0.29) is 44.4 Å². The van der Waals surface area contributed by atoms with Gasteiger partial charge in [0.2, 0.25) is 5.91 Å². The largest absolute Gasteiger partial charge is 0.469 e. The fraction of sp³-hybridized carbons (Fsp3) is 0.531. The summed E-state index contributed by atoms with van der Waals surface area (Å²) in [5, 5.41) is 17.3. The van der Waals surface area contributed by atoms with Gasteiger partial charge in [-0.2, -0.15) is 5.26 Å². The molecule has 0 bridgehead atoms. The Morgan fingerprint density at radius 1 is 1.14 bits per heavy atom. The number of methoxy groups -OCH3 is 1. The summed E-state index contributed by atoms with van der Waals surface area (Å²) >= 11 is 12.3. The Labute approximate surface area is 256 Å². The molecule has 4 atom stereocenters. The van der Waals surface area contributed by atoms with Crippen molar-refractivity contribution in [2.45, 2.75) is 76.3 Å². The molecule has 1 heterocycles. The molecule has 0 spiro atoms. The first kappa shape index (κ1) is 32.2. The van der Waals surface area contributed by atoms with Gasteiger partial charge in [0, 0.05) is 29.1 Å². The summed E-state index contributed by atoms with van der Waals surface area (Å²) < 4.78 is 36.4. The van der Waals surface area contributed by atoms with Crippen LogP contribution in [0.3, 0.4) is 0 Å². The smallest absolute Gasteiger partial charge is 0.308 e. The quantitative estimate of drug-likeness (QED) is 0.337. The summed E-state index contributed by atoms with van der Waals surface area (Å²) in [4.78, 5) is 25.9. The van der Waals surface area contributed by atoms with Gasteiger partial charge in [0.25, 0.3) is 0 Å². The highest BCUT2D eigenvalue weighted by Crippen LogP contribution is 2.52. The number of ether oxygens (including phenoxy) is 1. The Kier molecular flexibility index (Phi) is 9.86. The SMILES string of the molecule is COC(=O)[C@H]1CC[C@H](CNC(=O)[C@@H]2N[C@@H](CC(C)(C)C)[C@](C#N)(c3ccc(Cl)cc3F)[C@H]2c2cccc(Cl)c2F)CC1. The fourth-order valence-corrected chi connectivity index (χ4v) is 7.02. The van der Waals surface area contributed by atoms with E-state index in [1.54, 1.807) is 6.07 Å². The van der Waals surface area contributed by atoms with Crippen LogP contribution in [0.15, 0.2) is 36.4 Å². The van der Waals surface area contributed by atoms with Crippen LogP contribution in [0.1, 0.15) is 69.9 Å². The van der Waals surface area contributed by atoms with Gasteiger partial charge in [-0.1, -0.05) is 62.2 Å². The van der Waals surface area contributed by atoms with Gasteiger partial charge in [0.05, 0.1) is 30.2 Å². The van der Waals surface area contributed by atoms with Gasteiger partial charge < -0.3 is 15.4 Å². The number of hydrogen-bond donors (Lipinski definition) is 2. The zero-order valence-corrected chi connectivity index (χ0v) is 25.8. The average Bonchev–Trinajstić information content (AvgIpc) is 3.25. The number of amides is 1. The molecule has 2 aliphatic rings. The predicted octanol–water partition coefficient (Wildman–Crippen LogP) is 6.69. The van der Waals surface area contributed by atoms with Crippen LogP contribution < -0.4 is 10.6 Å². The van der Waals surface area contributed by atoms with Crippen molar-refractivity contribution in [2.24, 2.45) is 17.3 Å². The number of hydrogen-bond acceptors (Lipinski definition) is 5. The second-order valence-corrected chi connectivity index (χ2v) is 13.5. The van der Waals surface area contributed by atoms with E-state index in [4.69, 9.17) is 27.9 Å². The van der Waals surface area contributed by atoms with Crippen LogP contribution >= 0.6 is 23.2 Å². The number of carbonyl (C=O) groups excluding carboxylic acids is 2. The number of rotatable bonds is 7. The van der Waals surface area contributed by atoms with Crippen molar-refractivity contribution in [1.82, 2.24) is 10.6 Å². The van der Waals surface area contributed by atoms with Gasteiger partial charge in [0.15, 0.2) is 0 Å². The number of carbonyl (C=O) groups is 2. The molecule has 1 aliphatic heterocycles. The monoisotopic (exact) mass is 619 g/mol. The molecule has 10 heteroatoms. The minimum absolute atomic E-state index is 0.0389. The van der Waals surface area contributed by atoms with E-state index in [2.05, 4.69) is 16.7 Å². The molecule has 4 rings (SSSR count). The van der Waals surface area contributed by atoms with Gasteiger partial charge in [-0.3, -0.25) is 9.59 Å². The number of nitriles is 1. The molecule has 0 aromatic heterocycles. The lowest BCUT2D eigenvalue weighted by molar-refractivity contribution is -0.146. The van der Waals surface area contributed by atoms with E-state index < -0.39 is 41.0 Å². The van der Waals surface area contributed by atoms with Gasteiger partial charge in [-0.15, -0.1) is 0 Å².